The number of carbonyl (C=O) groups excluding carboxylic acids is 1. The maximum atomic E-state index is 14.2. The second-order valence-corrected chi connectivity index (χ2v) is 9.65. The molecular formula is C26H32FN5O3. The molecule has 186 valence electrons. The van der Waals surface area contributed by atoms with Gasteiger partial charge in [0.15, 0.2) is 11.6 Å². The molecule has 5 rings (SSSR count). The molecule has 1 saturated heterocycles. The van der Waals surface area contributed by atoms with E-state index in [2.05, 4.69) is 9.88 Å². The Hall–Kier alpha value is -3.36. The molecule has 2 fully saturated rings. The Kier molecular flexibility index (Phi) is 6.49. The van der Waals surface area contributed by atoms with E-state index in [1.165, 1.54) is 17.7 Å². The molecule has 0 N–H and O–H groups in total. The van der Waals surface area contributed by atoms with Crippen LogP contribution in [0.4, 0.5) is 10.2 Å². The van der Waals surface area contributed by atoms with Crippen LogP contribution in [0.2, 0.25) is 0 Å². The molecule has 0 unspecified atom stereocenters. The fourth-order valence-corrected chi connectivity index (χ4v) is 5.54. The number of hydrogen-bond donors (Lipinski definition) is 0. The lowest BCUT2D eigenvalue weighted by Crippen LogP contribution is -2.51. The molecule has 9 heteroatoms. The molecule has 1 aromatic carbocycles. The highest BCUT2D eigenvalue weighted by Crippen LogP contribution is 2.32. The molecule has 8 nitrogen and oxygen atoms in total. The Morgan fingerprint density at radius 2 is 1.83 bits per heavy atom. The third-order valence-corrected chi connectivity index (χ3v) is 7.62. The highest BCUT2D eigenvalue weighted by atomic mass is 19.1. The standard InChI is InChI=1S/C26H32FN5O3/c1-29-21-15-20(27)23(35-2)16-22(21)32(26(29)34)17-18-6-8-19(9-7-18)25(33)31-13-11-30(12-14-31)24-5-3-4-10-28-24/h3-5,10,15-16,18-19H,6-9,11-14,17H2,1-2H3. The van der Waals surface area contributed by atoms with Crippen molar-refractivity contribution in [3.05, 3.63) is 52.8 Å². The van der Waals surface area contributed by atoms with Crippen LogP contribution < -0.4 is 15.3 Å². The Morgan fingerprint density at radius 3 is 2.49 bits per heavy atom. The number of nitrogens with zero attached hydrogens (tertiary/aromatic N) is 5. The number of ether oxygens (including phenoxy) is 1. The van der Waals surface area contributed by atoms with Crippen LogP contribution in [0.3, 0.4) is 0 Å². The van der Waals surface area contributed by atoms with Crippen molar-refractivity contribution >= 4 is 22.8 Å². The van der Waals surface area contributed by atoms with E-state index in [1.54, 1.807) is 23.9 Å². The minimum atomic E-state index is -0.479. The van der Waals surface area contributed by atoms with Crippen LogP contribution in [-0.2, 0) is 18.4 Å². The second kappa shape index (κ2) is 9.71. The van der Waals surface area contributed by atoms with Crippen molar-refractivity contribution in [2.45, 2.75) is 32.2 Å². The van der Waals surface area contributed by atoms with Crippen molar-refractivity contribution in [3.8, 4) is 5.75 Å². The number of anilines is 1. The van der Waals surface area contributed by atoms with Crippen LogP contribution in [0.25, 0.3) is 11.0 Å². The van der Waals surface area contributed by atoms with Crippen LogP contribution in [0.15, 0.2) is 41.3 Å². The Bertz CT molecular complexity index is 1260. The van der Waals surface area contributed by atoms with Gasteiger partial charge in [-0.2, -0.15) is 0 Å². The number of rotatable bonds is 5. The van der Waals surface area contributed by atoms with Gasteiger partial charge >= 0.3 is 5.69 Å². The van der Waals surface area contributed by atoms with Crippen molar-refractivity contribution in [2.75, 3.05) is 38.2 Å². The Morgan fingerprint density at radius 1 is 1.09 bits per heavy atom. The summed E-state index contributed by atoms with van der Waals surface area (Å²) in [7, 11) is 3.09. The number of carbonyl (C=O) groups is 1. The van der Waals surface area contributed by atoms with E-state index >= 15 is 0 Å². The van der Waals surface area contributed by atoms with Crippen molar-refractivity contribution in [1.29, 1.82) is 0 Å². The number of amides is 1. The first-order valence-electron chi connectivity index (χ1n) is 12.3. The number of pyridine rings is 1. The van der Waals surface area contributed by atoms with Crippen LogP contribution in [0, 0.1) is 17.7 Å². The number of aryl methyl sites for hydroxylation is 1. The highest BCUT2D eigenvalue weighted by molar-refractivity contribution is 5.79. The maximum Gasteiger partial charge on any atom is 0.328 e. The number of imidazole rings is 1. The molecule has 0 radical (unpaired) electrons. The summed E-state index contributed by atoms with van der Waals surface area (Å²) in [5, 5.41) is 0. The normalized spacial score (nSPS) is 20.9. The molecule has 0 atom stereocenters. The molecule has 0 bridgehead atoms. The minimum Gasteiger partial charge on any atom is -0.494 e. The number of piperazine rings is 1. The van der Waals surface area contributed by atoms with Crippen molar-refractivity contribution in [3.63, 3.8) is 0 Å². The van der Waals surface area contributed by atoms with Gasteiger partial charge in [0, 0.05) is 64.0 Å². The molecular weight excluding hydrogens is 449 g/mol. The van der Waals surface area contributed by atoms with Crippen molar-refractivity contribution in [1.82, 2.24) is 19.0 Å². The van der Waals surface area contributed by atoms with Gasteiger partial charge in [-0.05, 0) is 43.7 Å². The SMILES string of the molecule is COc1cc2c(cc1F)n(C)c(=O)n2CC1CCC(C(=O)N2CCN(c3ccccn3)CC2)CC1. The van der Waals surface area contributed by atoms with Crippen LogP contribution in [0.5, 0.6) is 5.75 Å². The minimum absolute atomic E-state index is 0.0473. The van der Waals surface area contributed by atoms with Gasteiger partial charge in [0.2, 0.25) is 5.91 Å². The second-order valence-electron chi connectivity index (χ2n) is 9.65. The van der Waals surface area contributed by atoms with Gasteiger partial charge in [0.05, 0.1) is 18.1 Å². The summed E-state index contributed by atoms with van der Waals surface area (Å²) in [6.45, 7) is 3.60. The zero-order valence-corrected chi connectivity index (χ0v) is 20.3. The fourth-order valence-electron chi connectivity index (χ4n) is 5.54. The molecule has 35 heavy (non-hydrogen) atoms. The summed E-state index contributed by atoms with van der Waals surface area (Å²) in [4.78, 5) is 34.7. The summed E-state index contributed by atoms with van der Waals surface area (Å²) in [6.07, 6.45) is 5.26. The lowest BCUT2D eigenvalue weighted by molar-refractivity contribution is -0.137. The number of benzene rings is 1. The van der Waals surface area contributed by atoms with E-state index in [4.69, 9.17) is 4.74 Å². The Balaban J connectivity index is 1.19. The highest BCUT2D eigenvalue weighted by Gasteiger charge is 2.32. The summed E-state index contributed by atoms with van der Waals surface area (Å²) >= 11 is 0. The summed E-state index contributed by atoms with van der Waals surface area (Å²) in [5.41, 5.74) is 1.08. The molecule has 0 spiro atoms. The molecule has 2 aliphatic rings. The third kappa shape index (κ3) is 4.51. The van der Waals surface area contributed by atoms with Gasteiger partial charge in [0.1, 0.15) is 5.82 Å². The quantitative estimate of drug-likeness (QED) is 0.560. The van der Waals surface area contributed by atoms with Gasteiger partial charge < -0.3 is 14.5 Å². The largest absolute Gasteiger partial charge is 0.494 e. The fraction of sp³-hybridized carbons (Fsp3) is 0.500. The number of methoxy groups -OCH3 is 1. The number of halogens is 1. The van der Waals surface area contributed by atoms with Gasteiger partial charge in [-0.25, -0.2) is 14.2 Å². The molecule has 1 amide bonds. The van der Waals surface area contributed by atoms with E-state index in [-0.39, 0.29) is 23.3 Å². The van der Waals surface area contributed by atoms with E-state index in [1.807, 2.05) is 23.1 Å². The van der Waals surface area contributed by atoms with Crippen LogP contribution >= 0.6 is 0 Å². The van der Waals surface area contributed by atoms with Gasteiger partial charge in [-0.15, -0.1) is 0 Å². The predicted molar refractivity (Wildman–Crippen MR) is 132 cm³/mol. The number of fused-ring (bicyclic) bond motifs is 1. The molecule has 3 aromatic rings. The van der Waals surface area contributed by atoms with Gasteiger partial charge in [0.25, 0.3) is 0 Å². The summed E-state index contributed by atoms with van der Waals surface area (Å²) in [5.74, 6) is 1.23. The van der Waals surface area contributed by atoms with E-state index in [0.717, 1.165) is 57.7 Å². The lowest BCUT2D eigenvalue weighted by Gasteiger charge is -2.38. The molecule has 2 aromatic heterocycles. The van der Waals surface area contributed by atoms with Gasteiger partial charge in [-0.3, -0.25) is 13.9 Å². The molecule has 3 heterocycles. The molecule has 1 saturated carbocycles. The third-order valence-electron chi connectivity index (χ3n) is 7.62. The first-order chi connectivity index (χ1) is 17.0. The van der Waals surface area contributed by atoms with Gasteiger partial charge in [-0.1, -0.05) is 6.07 Å². The average Bonchev–Trinajstić information content (AvgIpc) is 3.12. The smallest absolute Gasteiger partial charge is 0.328 e. The Labute approximate surface area is 203 Å². The van der Waals surface area contributed by atoms with Crippen molar-refractivity contribution < 1.29 is 13.9 Å². The molecule has 1 aliphatic heterocycles. The maximum absolute atomic E-state index is 14.2. The zero-order chi connectivity index (χ0) is 24.5. The predicted octanol–water partition coefficient (Wildman–Crippen LogP) is 3.04. The zero-order valence-electron chi connectivity index (χ0n) is 20.3. The first-order valence-corrected chi connectivity index (χ1v) is 12.3. The number of aromatic nitrogens is 3. The summed E-state index contributed by atoms with van der Waals surface area (Å²) in [6, 6.07) is 8.86. The van der Waals surface area contributed by atoms with Crippen molar-refractivity contribution in [2.24, 2.45) is 18.9 Å². The molecule has 1 aliphatic carbocycles. The average molecular weight is 482 g/mol. The monoisotopic (exact) mass is 481 g/mol. The summed E-state index contributed by atoms with van der Waals surface area (Å²) < 4.78 is 22.5. The van der Waals surface area contributed by atoms with E-state index in [9.17, 15) is 14.0 Å². The first kappa shape index (κ1) is 23.4. The lowest BCUT2D eigenvalue weighted by atomic mass is 9.81. The van der Waals surface area contributed by atoms with Crippen LogP contribution in [-0.4, -0.2) is 58.2 Å². The number of hydrogen-bond acceptors (Lipinski definition) is 5. The van der Waals surface area contributed by atoms with E-state index < -0.39 is 5.82 Å². The van der Waals surface area contributed by atoms with E-state index in [0.29, 0.717) is 23.5 Å². The topological polar surface area (TPSA) is 72.6 Å². The van der Waals surface area contributed by atoms with Crippen LogP contribution in [0.1, 0.15) is 25.7 Å².